The van der Waals surface area contributed by atoms with Gasteiger partial charge in [-0.2, -0.15) is 0 Å². The van der Waals surface area contributed by atoms with Crippen molar-refractivity contribution in [2.75, 3.05) is 31.5 Å². The molecule has 5 heteroatoms. The number of anilines is 1. The van der Waals surface area contributed by atoms with Gasteiger partial charge in [-0.3, -0.25) is 4.99 Å². The quantitative estimate of drug-likeness (QED) is 0.464. The number of aliphatic imine (C=N–C) groups is 1. The molecule has 0 spiro atoms. The minimum absolute atomic E-state index is 0. The van der Waals surface area contributed by atoms with Gasteiger partial charge < -0.3 is 16.0 Å². The number of rotatable bonds is 4. The van der Waals surface area contributed by atoms with Crippen molar-refractivity contribution < 1.29 is 0 Å². The Morgan fingerprint density at radius 3 is 2.71 bits per heavy atom. The summed E-state index contributed by atoms with van der Waals surface area (Å²) in [6.07, 6.45) is 6.34. The first-order chi connectivity index (χ1) is 9.81. The van der Waals surface area contributed by atoms with Gasteiger partial charge in [-0.1, -0.05) is 6.07 Å². The van der Waals surface area contributed by atoms with Gasteiger partial charge in [-0.25, -0.2) is 0 Å². The molecule has 3 N–H and O–H groups in total. The van der Waals surface area contributed by atoms with Crippen molar-refractivity contribution in [2.24, 2.45) is 10.7 Å². The molecule has 0 saturated carbocycles. The third kappa shape index (κ3) is 4.57. The molecule has 0 atom stereocenters. The molecule has 0 aromatic heterocycles. The summed E-state index contributed by atoms with van der Waals surface area (Å²) in [6.45, 7) is 4.23. The Kier molecular flexibility index (Phi) is 6.29. The molecule has 1 fully saturated rings. The maximum atomic E-state index is 5.96. The van der Waals surface area contributed by atoms with Gasteiger partial charge in [-0.05, 0) is 68.5 Å². The summed E-state index contributed by atoms with van der Waals surface area (Å²) in [4.78, 5) is 6.87. The highest BCUT2D eigenvalue weighted by Crippen LogP contribution is 2.24. The zero-order chi connectivity index (χ0) is 13.8. The van der Waals surface area contributed by atoms with Crippen LogP contribution in [-0.4, -0.2) is 37.0 Å². The van der Waals surface area contributed by atoms with E-state index in [1.165, 1.54) is 56.3 Å². The molecule has 0 unspecified atom stereocenters. The van der Waals surface area contributed by atoms with E-state index in [2.05, 4.69) is 33.4 Å². The summed E-state index contributed by atoms with van der Waals surface area (Å²) in [5, 5.41) is 3.21. The van der Waals surface area contributed by atoms with Crippen molar-refractivity contribution in [2.45, 2.75) is 32.1 Å². The van der Waals surface area contributed by atoms with Crippen LogP contribution in [0.25, 0.3) is 0 Å². The molecule has 1 aromatic rings. The normalized spacial score (nSPS) is 18.4. The van der Waals surface area contributed by atoms with E-state index >= 15 is 0 Å². The largest absolute Gasteiger partial charge is 0.370 e. The van der Waals surface area contributed by atoms with Crippen LogP contribution >= 0.6 is 24.0 Å². The average Bonchev–Trinajstić information content (AvgIpc) is 3.08. The monoisotopic (exact) mass is 400 g/mol. The van der Waals surface area contributed by atoms with Crippen LogP contribution in [0.2, 0.25) is 0 Å². The predicted molar refractivity (Wildman–Crippen MR) is 99.7 cm³/mol. The van der Waals surface area contributed by atoms with Gasteiger partial charge >= 0.3 is 0 Å². The van der Waals surface area contributed by atoms with Gasteiger partial charge in [0.1, 0.15) is 0 Å². The van der Waals surface area contributed by atoms with Crippen LogP contribution in [0.15, 0.2) is 23.2 Å². The number of nitrogens with zero attached hydrogens (tertiary/aromatic N) is 2. The standard InChI is InChI=1S/C16H24N4.HI/c17-16(18-8-11-20-9-1-2-10-20)19-15-7-6-13-4-3-5-14(13)12-15;/h6-7,12H,1-5,8-11H2,(H3,17,18,19);1H. The molecular formula is C16H25IN4. The summed E-state index contributed by atoms with van der Waals surface area (Å²) in [6, 6.07) is 6.53. The SMILES string of the molecule is I.NC(=NCCN1CCCC1)Nc1ccc2c(c1)CCC2. The van der Waals surface area contributed by atoms with Crippen LogP contribution in [0.5, 0.6) is 0 Å². The van der Waals surface area contributed by atoms with Crippen LogP contribution in [0, 0.1) is 0 Å². The highest BCUT2D eigenvalue weighted by atomic mass is 127. The second-order valence-corrected chi connectivity index (χ2v) is 5.78. The molecule has 21 heavy (non-hydrogen) atoms. The van der Waals surface area contributed by atoms with Crippen molar-refractivity contribution in [3.63, 3.8) is 0 Å². The fourth-order valence-corrected chi connectivity index (χ4v) is 3.16. The van der Waals surface area contributed by atoms with E-state index in [0.29, 0.717) is 5.96 Å². The molecule has 0 bridgehead atoms. The van der Waals surface area contributed by atoms with Crippen LogP contribution < -0.4 is 11.1 Å². The molecule has 1 saturated heterocycles. The number of hydrogen-bond acceptors (Lipinski definition) is 2. The molecule has 3 rings (SSSR count). The van der Waals surface area contributed by atoms with E-state index in [1.807, 2.05) is 0 Å². The fraction of sp³-hybridized carbons (Fsp3) is 0.562. The lowest BCUT2D eigenvalue weighted by Gasteiger charge is -2.13. The Labute approximate surface area is 144 Å². The summed E-state index contributed by atoms with van der Waals surface area (Å²) in [7, 11) is 0. The van der Waals surface area contributed by atoms with E-state index in [0.717, 1.165) is 18.8 Å². The molecule has 0 amide bonds. The summed E-state index contributed by atoms with van der Waals surface area (Å²) >= 11 is 0. The molecule has 4 nitrogen and oxygen atoms in total. The number of nitrogens with two attached hydrogens (primary N) is 1. The van der Waals surface area contributed by atoms with Gasteiger partial charge in [-0.15, -0.1) is 24.0 Å². The average molecular weight is 400 g/mol. The van der Waals surface area contributed by atoms with Crippen LogP contribution in [0.4, 0.5) is 5.69 Å². The van der Waals surface area contributed by atoms with Crippen molar-refractivity contribution in [1.29, 1.82) is 0 Å². The lowest BCUT2D eigenvalue weighted by molar-refractivity contribution is 0.349. The van der Waals surface area contributed by atoms with E-state index in [9.17, 15) is 0 Å². The minimum atomic E-state index is 0. The van der Waals surface area contributed by atoms with Crippen molar-refractivity contribution in [3.05, 3.63) is 29.3 Å². The van der Waals surface area contributed by atoms with Gasteiger partial charge in [0, 0.05) is 12.2 Å². The molecule has 1 aromatic carbocycles. The summed E-state index contributed by atoms with van der Waals surface area (Å²) in [5.74, 6) is 0.530. The molecule has 116 valence electrons. The second-order valence-electron chi connectivity index (χ2n) is 5.78. The Hall–Kier alpha value is -0.820. The molecule has 1 aliphatic carbocycles. The molecule has 1 aliphatic heterocycles. The maximum absolute atomic E-state index is 5.96. The second kappa shape index (κ2) is 7.98. The molecule has 2 aliphatic rings. The maximum Gasteiger partial charge on any atom is 0.193 e. The lowest BCUT2D eigenvalue weighted by Crippen LogP contribution is -2.26. The van der Waals surface area contributed by atoms with Crippen molar-refractivity contribution >= 4 is 35.6 Å². The van der Waals surface area contributed by atoms with Gasteiger partial charge in [0.25, 0.3) is 0 Å². The minimum Gasteiger partial charge on any atom is -0.370 e. The number of hydrogen-bond donors (Lipinski definition) is 2. The first kappa shape index (κ1) is 16.5. The Bertz CT molecular complexity index is 495. The smallest absolute Gasteiger partial charge is 0.193 e. The first-order valence-corrected chi connectivity index (χ1v) is 7.72. The van der Waals surface area contributed by atoms with Gasteiger partial charge in [0.15, 0.2) is 5.96 Å². The van der Waals surface area contributed by atoms with Gasteiger partial charge in [0.2, 0.25) is 0 Å². The van der Waals surface area contributed by atoms with E-state index < -0.39 is 0 Å². The Morgan fingerprint density at radius 2 is 1.90 bits per heavy atom. The number of halogens is 1. The number of benzene rings is 1. The van der Waals surface area contributed by atoms with Crippen LogP contribution in [-0.2, 0) is 12.8 Å². The van der Waals surface area contributed by atoms with Crippen molar-refractivity contribution in [1.82, 2.24) is 4.90 Å². The van der Waals surface area contributed by atoms with E-state index in [-0.39, 0.29) is 24.0 Å². The third-order valence-corrected chi connectivity index (χ3v) is 4.27. The Morgan fingerprint density at radius 1 is 1.14 bits per heavy atom. The van der Waals surface area contributed by atoms with Crippen LogP contribution in [0.3, 0.4) is 0 Å². The fourth-order valence-electron chi connectivity index (χ4n) is 3.16. The number of aryl methyl sites for hydroxylation is 2. The molecule has 0 radical (unpaired) electrons. The van der Waals surface area contributed by atoms with E-state index in [4.69, 9.17) is 5.73 Å². The van der Waals surface area contributed by atoms with Crippen LogP contribution in [0.1, 0.15) is 30.4 Å². The highest BCUT2D eigenvalue weighted by molar-refractivity contribution is 14.0. The van der Waals surface area contributed by atoms with E-state index in [1.54, 1.807) is 0 Å². The zero-order valence-corrected chi connectivity index (χ0v) is 14.8. The third-order valence-electron chi connectivity index (χ3n) is 4.27. The summed E-state index contributed by atoms with van der Waals surface area (Å²) in [5.41, 5.74) is 9.96. The number of guanidine groups is 1. The van der Waals surface area contributed by atoms with Gasteiger partial charge in [0.05, 0.1) is 6.54 Å². The molecular weight excluding hydrogens is 375 g/mol. The zero-order valence-electron chi connectivity index (χ0n) is 12.5. The summed E-state index contributed by atoms with van der Waals surface area (Å²) < 4.78 is 0. The number of fused-ring (bicyclic) bond motifs is 1. The Balaban J connectivity index is 0.00000161. The topological polar surface area (TPSA) is 53.6 Å². The lowest BCUT2D eigenvalue weighted by atomic mass is 10.1. The van der Waals surface area contributed by atoms with Crippen molar-refractivity contribution in [3.8, 4) is 0 Å². The number of likely N-dealkylation sites (tertiary alicyclic amines) is 1. The highest BCUT2D eigenvalue weighted by Gasteiger charge is 2.11. The predicted octanol–water partition coefficient (Wildman–Crippen LogP) is 2.62. The molecule has 1 heterocycles. The number of nitrogens with one attached hydrogen (secondary N) is 1. The first-order valence-electron chi connectivity index (χ1n) is 7.72.